The molecule has 2 aromatic rings. The average Bonchev–Trinajstić information content (AvgIpc) is 3.19. The zero-order valence-electron chi connectivity index (χ0n) is 11.4. The van der Waals surface area contributed by atoms with E-state index in [2.05, 4.69) is 14.8 Å². The summed E-state index contributed by atoms with van der Waals surface area (Å²) in [6.07, 6.45) is 5.65. The van der Waals surface area contributed by atoms with Gasteiger partial charge in [0.2, 0.25) is 0 Å². The second kappa shape index (κ2) is 4.17. The van der Waals surface area contributed by atoms with Gasteiger partial charge in [-0.2, -0.15) is 13.5 Å². The molecule has 6 nitrogen and oxygen atoms in total. The number of aryl methyl sites for hydroxylation is 1. The van der Waals surface area contributed by atoms with Gasteiger partial charge < -0.3 is 5.32 Å². The molecule has 1 aliphatic carbocycles. The number of hydrogen-bond acceptors (Lipinski definition) is 4. The summed E-state index contributed by atoms with van der Waals surface area (Å²) >= 11 is 0. The maximum atomic E-state index is 12.2. The van der Waals surface area contributed by atoms with Crippen LogP contribution in [0.3, 0.4) is 0 Å². The van der Waals surface area contributed by atoms with Crippen LogP contribution in [0.2, 0.25) is 0 Å². The van der Waals surface area contributed by atoms with Crippen molar-refractivity contribution in [3.8, 4) is 11.1 Å². The number of fused-ring (bicyclic) bond motifs is 1. The van der Waals surface area contributed by atoms with Gasteiger partial charge in [0.25, 0.3) is 10.0 Å². The van der Waals surface area contributed by atoms with Crippen LogP contribution in [-0.2, 0) is 17.1 Å². The molecule has 0 saturated heterocycles. The summed E-state index contributed by atoms with van der Waals surface area (Å²) in [6, 6.07) is 5.24. The Morgan fingerprint density at radius 2 is 2.10 bits per heavy atom. The van der Waals surface area contributed by atoms with Crippen molar-refractivity contribution in [3.63, 3.8) is 0 Å². The molecule has 0 bridgehead atoms. The van der Waals surface area contributed by atoms with Crippen molar-refractivity contribution in [2.45, 2.75) is 17.7 Å². The molecular weight excluding hydrogens is 288 g/mol. The fourth-order valence-electron chi connectivity index (χ4n) is 2.48. The van der Waals surface area contributed by atoms with Gasteiger partial charge in [-0.15, -0.1) is 4.40 Å². The van der Waals surface area contributed by atoms with Crippen molar-refractivity contribution in [1.82, 2.24) is 9.78 Å². The lowest BCUT2D eigenvalue weighted by Crippen LogP contribution is -2.23. The highest BCUT2D eigenvalue weighted by molar-refractivity contribution is 7.90. The zero-order chi connectivity index (χ0) is 14.6. The van der Waals surface area contributed by atoms with Gasteiger partial charge in [-0.3, -0.25) is 4.68 Å². The first-order valence-electron chi connectivity index (χ1n) is 6.78. The van der Waals surface area contributed by atoms with Crippen LogP contribution in [-0.4, -0.2) is 24.0 Å². The van der Waals surface area contributed by atoms with Gasteiger partial charge in [0.15, 0.2) is 0 Å². The molecule has 1 aromatic heterocycles. The lowest BCUT2D eigenvalue weighted by Gasteiger charge is -2.18. The number of sulfonamides is 1. The molecule has 1 saturated carbocycles. The van der Waals surface area contributed by atoms with Crippen LogP contribution < -0.4 is 5.32 Å². The summed E-state index contributed by atoms with van der Waals surface area (Å²) < 4.78 is 30.1. The Bertz CT molecular complexity index is 863. The average molecular weight is 302 g/mol. The van der Waals surface area contributed by atoms with Gasteiger partial charge in [0.1, 0.15) is 10.7 Å². The minimum absolute atomic E-state index is 0.236. The van der Waals surface area contributed by atoms with Gasteiger partial charge >= 0.3 is 0 Å². The summed E-state index contributed by atoms with van der Waals surface area (Å²) in [5.74, 6) is 0.834. The van der Waals surface area contributed by atoms with Gasteiger partial charge in [0.05, 0.1) is 11.9 Å². The number of nitrogens with zero attached hydrogens (tertiary/aromatic N) is 3. The van der Waals surface area contributed by atoms with Crippen molar-refractivity contribution in [2.24, 2.45) is 17.4 Å². The second-order valence-corrected chi connectivity index (χ2v) is 7.04. The monoisotopic (exact) mass is 302 g/mol. The highest BCUT2D eigenvalue weighted by Crippen LogP contribution is 2.37. The minimum atomic E-state index is -3.59. The van der Waals surface area contributed by atoms with Crippen LogP contribution >= 0.6 is 0 Å². The first-order valence-corrected chi connectivity index (χ1v) is 8.22. The SMILES string of the molecule is Cn1cc(-c2ccc3c(c2)NC(C2CC2)=NS3(=O)=O)cn1. The van der Waals surface area contributed by atoms with Crippen molar-refractivity contribution in [1.29, 1.82) is 0 Å². The summed E-state index contributed by atoms with van der Waals surface area (Å²) in [5, 5.41) is 7.32. The number of aromatic nitrogens is 2. The van der Waals surface area contributed by atoms with Crippen LogP contribution in [0.1, 0.15) is 12.8 Å². The number of nitrogens with one attached hydrogen (secondary N) is 1. The van der Waals surface area contributed by atoms with E-state index in [9.17, 15) is 8.42 Å². The van der Waals surface area contributed by atoms with E-state index in [0.29, 0.717) is 11.5 Å². The summed E-state index contributed by atoms with van der Waals surface area (Å²) in [5.41, 5.74) is 2.49. The molecule has 0 amide bonds. The molecule has 4 rings (SSSR count). The van der Waals surface area contributed by atoms with Crippen LogP contribution in [0.4, 0.5) is 5.69 Å². The summed E-state index contributed by atoms with van der Waals surface area (Å²) in [4.78, 5) is 0.236. The highest BCUT2D eigenvalue weighted by Gasteiger charge is 2.34. The molecule has 1 aromatic carbocycles. The van der Waals surface area contributed by atoms with E-state index in [4.69, 9.17) is 0 Å². The highest BCUT2D eigenvalue weighted by atomic mass is 32.2. The lowest BCUT2D eigenvalue weighted by molar-refractivity contribution is 0.597. The van der Waals surface area contributed by atoms with E-state index in [1.807, 2.05) is 19.3 Å². The Hall–Kier alpha value is -2.15. The number of amidine groups is 1. The van der Waals surface area contributed by atoms with Crippen molar-refractivity contribution in [3.05, 3.63) is 30.6 Å². The smallest absolute Gasteiger partial charge is 0.286 e. The zero-order valence-corrected chi connectivity index (χ0v) is 12.3. The van der Waals surface area contributed by atoms with Crippen molar-refractivity contribution >= 4 is 21.5 Å². The normalized spacial score (nSPS) is 19.6. The maximum Gasteiger partial charge on any atom is 0.286 e. The molecular formula is C14H14N4O2S. The van der Waals surface area contributed by atoms with E-state index in [1.54, 1.807) is 23.0 Å². The van der Waals surface area contributed by atoms with E-state index in [0.717, 1.165) is 24.0 Å². The first kappa shape index (κ1) is 12.6. The molecule has 108 valence electrons. The van der Waals surface area contributed by atoms with Crippen molar-refractivity contribution in [2.75, 3.05) is 5.32 Å². The van der Waals surface area contributed by atoms with E-state index < -0.39 is 10.0 Å². The standard InChI is InChI=1S/C14H14N4O2S/c1-18-8-11(7-15-18)10-4-5-13-12(6-10)16-14(9-2-3-9)17-21(13,19)20/h4-9H,2-3H2,1H3,(H,16,17). The fourth-order valence-corrected chi connectivity index (χ4v) is 3.66. The first-order chi connectivity index (χ1) is 10.0. The molecule has 0 atom stereocenters. The molecule has 1 N–H and O–H groups in total. The van der Waals surface area contributed by atoms with E-state index in [-0.39, 0.29) is 10.8 Å². The molecule has 2 aliphatic rings. The van der Waals surface area contributed by atoms with Gasteiger partial charge in [-0.1, -0.05) is 6.07 Å². The lowest BCUT2D eigenvalue weighted by atomic mass is 10.1. The third kappa shape index (κ3) is 2.13. The van der Waals surface area contributed by atoms with Crippen molar-refractivity contribution < 1.29 is 8.42 Å². The predicted molar refractivity (Wildman–Crippen MR) is 79.6 cm³/mol. The molecule has 0 spiro atoms. The molecule has 21 heavy (non-hydrogen) atoms. The van der Waals surface area contributed by atoms with Gasteiger partial charge in [-0.25, -0.2) is 0 Å². The number of benzene rings is 1. The van der Waals surface area contributed by atoms with E-state index >= 15 is 0 Å². The molecule has 2 heterocycles. The minimum Gasteiger partial charge on any atom is -0.342 e. The molecule has 1 aliphatic heterocycles. The molecule has 7 heteroatoms. The summed E-state index contributed by atoms with van der Waals surface area (Å²) in [6.45, 7) is 0. The maximum absolute atomic E-state index is 12.2. The van der Waals surface area contributed by atoms with Crippen LogP contribution in [0.15, 0.2) is 39.9 Å². The second-order valence-electron chi connectivity index (χ2n) is 5.46. The largest absolute Gasteiger partial charge is 0.342 e. The number of hydrogen-bond donors (Lipinski definition) is 1. The fraction of sp³-hybridized carbons (Fsp3) is 0.286. The van der Waals surface area contributed by atoms with Crippen LogP contribution in [0.25, 0.3) is 11.1 Å². The Morgan fingerprint density at radius 1 is 1.29 bits per heavy atom. The third-order valence-electron chi connectivity index (χ3n) is 3.74. The quantitative estimate of drug-likeness (QED) is 0.920. The molecule has 0 radical (unpaired) electrons. The van der Waals surface area contributed by atoms with Crippen LogP contribution in [0.5, 0.6) is 0 Å². The Kier molecular flexibility index (Phi) is 2.50. The Labute approximate surface area is 122 Å². The predicted octanol–water partition coefficient (Wildman–Crippen LogP) is 2.01. The van der Waals surface area contributed by atoms with E-state index in [1.165, 1.54) is 0 Å². The Balaban J connectivity index is 1.81. The van der Waals surface area contributed by atoms with Gasteiger partial charge in [-0.05, 0) is 30.5 Å². The van der Waals surface area contributed by atoms with Gasteiger partial charge in [0, 0.05) is 24.7 Å². The third-order valence-corrected chi connectivity index (χ3v) is 5.09. The number of rotatable bonds is 2. The molecule has 1 fully saturated rings. The summed E-state index contributed by atoms with van der Waals surface area (Å²) in [7, 11) is -1.74. The number of anilines is 1. The molecule has 0 unspecified atom stereocenters. The Morgan fingerprint density at radius 3 is 2.76 bits per heavy atom. The van der Waals surface area contributed by atoms with Crippen LogP contribution in [0, 0.1) is 5.92 Å². The topological polar surface area (TPSA) is 76.3 Å².